The van der Waals surface area contributed by atoms with Gasteiger partial charge in [0.1, 0.15) is 11.9 Å². The van der Waals surface area contributed by atoms with E-state index in [4.69, 9.17) is 5.73 Å². The smallest absolute Gasteiger partial charge is 0.280 e. The van der Waals surface area contributed by atoms with Gasteiger partial charge in [-0.15, -0.1) is 0 Å². The molecule has 2 unspecified atom stereocenters. The van der Waals surface area contributed by atoms with Crippen LogP contribution < -0.4 is 21.3 Å². The maximum Gasteiger partial charge on any atom is 0.280 e. The maximum absolute atomic E-state index is 15.0. The monoisotopic (exact) mass is 437 g/mol. The summed E-state index contributed by atoms with van der Waals surface area (Å²) in [6.45, 7) is 4.75. The number of halogens is 3. The summed E-state index contributed by atoms with van der Waals surface area (Å²) in [6, 6.07) is 3.18. The Morgan fingerprint density at radius 1 is 1.16 bits per heavy atom. The van der Waals surface area contributed by atoms with Crippen molar-refractivity contribution in [2.75, 3.05) is 36.4 Å². The molecule has 1 amide bonds. The highest BCUT2D eigenvalue weighted by molar-refractivity contribution is 5.87. The molecule has 170 valence electrons. The van der Waals surface area contributed by atoms with Gasteiger partial charge in [-0.2, -0.15) is 0 Å². The maximum atomic E-state index is 15.0. The normalized spacial score (nSPS) is 27.8. The lowest BCUT2D eigenvalue weighted by Gasteiger charge is -2.46. The molecule has 1 aromatic rings. The number of nitrogens with zero attached hydrogens (tertiary/aromatic N) is 2. The van der Waals surface area contributed by atoms with Gasteiger partial charge in [0.25, 0.3) is 5.92 Å². The lowest BCUT2D eigenvalue weighted by molar-refractivity contribution is -0.122. The SMILES string of the molecule is C=C1CCC(Nc2ccc(N3CCC(N4CCC(N)CC4)C(F)(F)C3)c(F)c2)C(=O)N1. The van der Waals surface area contributed by atoms with Crippen molar-refractivity contribution in [2.24, 2.45) is 5.73 Å². The molecule has 0 bridgehead atoms. The topological polar surface area (TPSA) is 73.6 Å². The van der Waals surface area contributed by atoms with E-state index in [2.05, 4.69) is 17.2 Å². The second-order valence-corrected chi connectivity index (χ2v) is 8.86. The van der Waals surface area contributed by atoms with Crippen molar-refractivity contribution in [1.29, 1.82) is 0 Å². The summed E-state index contributed by atoms with van der Waals surface area (Å²) in [5.74, 6) is -3.73. The number of nitrogens with two attached hydrogens (primary N) is 1. The number of hydrogen-bond donors (Lipinski definition) is 3. The molecular weight excluding hydrogens is 407 g/mol. The van der Waals surface area contributed by atoms with Gasteiger partial charge in [0, 0.05) is 37.1 Å². The first-order valence-electron chi connectivity index (χ1n) is 10.9. The minimum Gasteiger partial charge on any atom is -0.374 e. The number of piperidine rings is 3. The highest BCUT2D eigenvalue weighted by Gasteiger charge is 2.48. The number of rotatable bonds is 4. The molecule has 0 aromatic heterocycles. The van der Waals surface area contributed by atoms with Crippen LogP contribution >= 0.6 is 0 Å². The van der Waals surface area contributed by atoms with E-state index < -0.39 is 30.4 Å². The third-order valence-electron chi connectivity index (χ3n) is 6.56. The fraction of sp³-hybridized carbons (Fsp3) is 0.591. The fourth-order valence-corrected chi connectivity index (χ4v) is 4.78. The van der Waals surface area contributed by atoms with Crippen LogP contribution in [0.5, 0.6) is 0 Å². The molecule has 3 heterocycles. The molecule has 3 aliphatic rings. The second kappa shape index (κ2) is 8.70. The van der Waals surface area contributed by atoms with Gasteiger partial charge in [-0.05, 0) is 50.3 Å². The molecule has 31 heavy (non-hydrogen) atoms. The number of carbonyl (C=O) groups is 1. The van der Waals surface area contributed by atoms with Gasteiger partial charge < -0.3 is 21.3 Å². The van der Waals surface area contributed by atoms with E-state index in [0.29, 0.717) is 43.9 Å². The molecule has 3 aliphatic heterocycles. The Morgan fingerprint density at radius 3 is 2.55 bits per heavy atom. The van der Waals surface area contributed by atoms with E-state index in [-0.39, 0.29) is 24.1 Å². The molecule has 0 radical (unpaired) electrons. The Hall–Kier alpha value is -2.26. The molecule has 0 aliphatic carbocycles. The molecule has 3 saturated heterocycles. The number of likely N-dealkylation sites (tertiary alicyclic amines) is 1. The van der Waals surface area contributed by atoms with E-state index >= 15 is 0 Å². The van der Waals surface area contributed by atoms with Crippen LogP contribution in [-0.2, 0) is 4.79 Å². The average molecular weight is 438 g/mol. The highest BCUT2D eigenvalue weighted by atomic mass is 19.3. The predicted molar refractivity (Wildman–Crippen MR) is 115 cm³/mol. The van der Waals surface area contributed by atoms with Gasteiger partial charge in [0.15, 0.2) is 0 Å². The third kappa shape index (κ3) is 4.82. The van der Waals surface area contributed by atoms with Gasteiger partial charge in [-0.1, -0.05) is 6.58 Å². The number of hydrogen-bond acceptors (Lipinski definition) is 5. The molecule has 1 aromatic carbocycles. The molecule has 0 spiro atoms. The van der Waals surface area contributed by atoms with Gasteiger partial charge in [-0.3, -0.25) is 9.69 Å². The number of benzene rings is 1. The summed E-state index contributed by atoms with van der Waals surface area (Å²) < 4.78 is 44.8. The quantitative estimate of drug-likeness (QED) is 0.676. The molecule has 2 atom stereocenters. The van der Waals surface area contributed by atoms with Crippen LogP contribution in [0.15, 0.2) is 30.5 Å². The van der Waals surface area contributed by atoms with Crippen LogP contribution in [0.1, 0.15) is 32.1 Å². The minimum atomic E-state index is -2.94. The lowest BCUT2D eigenvalue weighted by Crippen LogP contribution is -2.60. The van der Waals surface area contributed by atoms with Crippen LogP contribution in [0.4, 0.5) is 24.5 Å². The Bertz CT molecular complexity index is 840. The molecule has 0 saturated carbocycles. The van der Waals surface area contributed by atoms with E-state index in [0.717, 1.165) is 12.8 Å². The van der Waals surface area contributed by atoms with Crippen molar-refractivity contribution in [3.8, 4) is 0 Å². The largest absolute Gasteiger partial charge is 0.374 e. The van der Waals surface area contributed by atoms with Crippen molar-refractivity contribution < 1.29 is 18.0 Å². The average Bonchev–Trinajstić information content (AvgIpc) is 2.70. The summed E-state index contributed by atoms with van der Waals surface area (Å²) in [7, 11) is 0. The van der Waals surface area contributed by atoms with E-state index in [1.54, 1.807) is 6.07 Å². The number of allylic oxidation sites excluding steroid dienone is 1. The van der Waals surface area contributed by atoms with Crippen LogP contribution in [0.3, 0.4) is 0 Å². The van der Waals surface area contributed by atoms with Gasteiger partial charge in [-0.25, -0.2) is 13.2 Å². The second-order valence-electron chi connectivity index (χ2n) is 8.86. The minimum absolute atomic E-state index is 0.0877. The zero-order chi connectivity index (χ0) is 22.2. The first-order valence-corrected chi connectivity index (χ1v) is 10.9. The van der Waals surface area contributed by atoms with Crippen LogP contribution in [-0.4, -0.2) is 61.0 Å². The standard InChI is InChI=1S/C22H30F3N5O/c1-14-2-4-18(21(31)27-14)28-16-3-5-19(17(23)12-16)30-11-8-20(22(24,25)13-30)29-9-6-15(26)7-10-29/h3,5,12,15,18,20,28H,1-2,4,6-11,13,26H2,(H,27,31). The van der Waals surface area contributed by atoms with E-state index in [9.17, 15) is 18.0 Å². The number of anilines is 2. The van der Waals surface area contributed by atoms with Gasteiger partial charge in [0.05, 0.1) is 18.3 Å². The fourth-order valence-electron chi connectivity index (χ4n) is 4.78. The molecule has 4 N–H and O–H groups in total. The summed E-state index contributed by atoms with van der Waals surface area (Å²) in [4.78, 5) is 15.3. The summed E-state index contributed by atoms with van der Waals surface area (Å²) in [5, 5.41) is 5.69. The van der Waals surface area contributed by atoms with Gasteiger partial charge in [0.2, 0.25) is 5.91 Å². The number of amides is 1. The summed E-state index contributed by atoms with van der Waals surface area (Å²) >= 11 is 0. The molecule has 6 nitrogen and oxygen atoms in total. The van der Waals surface area contributed by atoms with Crippen molar-refractivity contribution in [1.82, 2.24) is 10.2 Å². The lowest BCUT2D eigenvalue weighted by atomic mass is 9.95. The zero-order valence-electron chi connectivity index (χ0n) is 17.5. The first kappa shape index (κ1) is 22.0. The molecular formula is C22H30F3N5O. The zero-order valence-corrected chi connectivity index (χ0v) is 17.5. The number of alkyl halides is 2. The van der Waals surface area contributed by atoms with E-state index in [1.807, 2.05) is 4.90 Å². The Kier molecular flexibility index (Phi) is 6.16. The highest BCUT2D eigenvalue weighted by Crippen LogP contribution is 2.36. The van der Waals surface area contributed by atoms with Crippen LogP contribution in [0, 0.1) is 5.82 Å². The van der Waals surface area contributed by atoms with Crippen molar-refractivity contribution >= 4 is 17.3 Å². The van der Waals surface area contributed by atoms with Crippen molar-refractivity contribution in [2.45, 2.75) is 56.2 Å². The van der Waals surface area contributed by atoms with E-state index in [1.165, 1.54) is 17.0 Å². The van der Waals surface area contributed by atoms with Gasteiger partial charge >= 0.3 is 0 Å². The molecule has 3 fully saturated rings. The summed E-state index contributed by atoms with van der Waals surface area (Å²) in [6.07, 6.45) is 2.94. The summed E-state index contributed by atoms with van der Waals surface area (Å²) in [5.41, 5.74) is 7.17. The van der Waals surface area contributed by atoms with Crippen molar-refractivity contribution in [3.05, 3.63) is 36.3 Å². The Morgan fingerprint density at radius 2 is 1.90 bits per heavy atom. The molecule has 9 heteroatoms. The number of nitrogens with one attached hydrogen (secondary N) is 2. The number of carbonyl (C=O) groups excluding carboxylic acids is 1. The van der Waals surface area contributed by atoms with Crippen molar-refractivity contribution in [3.63, 3.8) is 0 Å². The van der Waals surface area contributed by atoms with Crippen LogP contribution in [0.25, 0.3) is 0 Å². The Labute approximate surface area is 180 Å². The first-order chi connectivity index (χ1) is 14.7. The predicted octanol–water partition coefficient (Wildman–Crippen LogP) is 2.67. The third-order valence-corrected chi connectivity index (χ3v) is 6.56. The van der Waals surface area contributed by atoms with Crippen LogP contribution in [0.2, 0.25) is 0 Å². The molecule has 4 rings (SSSR count). The Balaban J connectivity index is 1.41.